The first-order valence-corrected chi connectivity index (χ1v) is 9.86. The van der Waals surface area contributed by atoms with Crippen molar-refractivity contribution in [2.75, 3.05) is 13.6 Å². The molecule has 29 heavy (non-hydrogen) atoms. The van der Waals surface area contributed by atoms with Gasteiger partial charge in [-0.05, 0) is 43.7 Å². The van der Waals surface area contributed by atoms with Crippen molar-refractivity contribution in [3.8, 4) is 0 Å². The number of hydrazone groups is 1. The van der Waals surface area contributed by atoms with Gasteiger partial charge in [0.05, 0.1) is 19.0 Å². The Balaban J connectivity index is 1.52. The summed E-state index contributed by atoms with van der Waals surface area (Å²) < 4.78 is 11.3. The standard InChI is InChI=1S/C23H25N3O3/c1-16-6-9-18(10-7-16)20-13-21(22-5-4-12-28-22)26(24-20)23(27)15-25(3)14-19-11-8-17(2)29-19/h4-12,21H,13-15H2,1-3H3/p+1/t21-/m1/s1. The summed E-state index contributed by atoms with van der Waals surface area (Å²) in [5, 5.41) is 6.28. The minimum Gasteiger partial charge on any atom is -0.467 e. The Morgan fingerprint density at radius 2 is 1.97 bits per heavy atom. The number of hydrogen-bond acceptors (Lipinski definition) is 4. The molecule has 0 saturated heterocycles. The minimum atomic E-state index is -0.215. The highest BCUT2D eigenvalue weighted by Crippen LogP contribution is 2.32. The predicted octanol–water partition coefficient (Wildman–Crippen LogP) is 2.88. The molecule has 1 N–H and O–H groups in total. The quantitative estimate of drug-likeness (QED) is 0.702. The zero-order valence-corrected chi connectivity index (χ0v) is 17.0. The van der Waals surface area contributed by atoms with E-state index >= 15 is 0 Å². The zero-order valence-electron chi connectivity index (χ0n) is 17.0. The first-order valence-electron chi connectivity index (χ1n) is 9.86. The molecule has 2 atom stereocenters. The molecular formula is C23H26N3O3+. The van der Waals surface area contributed by atoms with Crippen molar-refractivity contribution >= 4 is 11.6 Å². The van der Waals surface area contributed by atoms with Gasteiger partial charge in [0, 0.05) is 6.42 Å². The topological polar surface area (TPSA) is 63.4 Å². The normalized spacial score (nSPS) is 17.4. The molecular weight excluding hydrogens is 366 g/mol. The number of quaternary nitrogens is 1. The number of likely N-dealkylation sites (N-methyl/N-ethyl adjacent to an activating group) is 1. The summed E-state index contributed by atoms with van der Waals surface area (Å²) in [6.07, 6.45) is 2.28. The van der Waals surface area contributed by atoms with E-state index in [4.69, 9.17) is 13.9 Å². The number of furan rings is 2. The molecule has 6 heteroatoms. The first kappa shape index (κ1) is 19.2. The highest BCUT2D eigenvalue weighted by molar-refractivity contribution is 6.03. The maximum absolute atomic E-state index is 13.1. The van der Waals surface area contributed by atoms with Crippen molar-refractivity contribution in [1.29, 1.82) is 0 Å². The maximum atomic E-state index is 13.1. The molecule has 0 spiro atoms. The van der Waals surface area contributed by atoms with Gasteiger partial charge in [-0.1, -0.05) is 29.8 Å². The lowest BCUT2D eigenvalue weighted by Crippen LogP contribution is -3.08. The van der Waals surface area contributed by atoms with Gasteiger partial charge in [-0.25, -0.2) is 5.01 Å². The third-order valence-electron chi connectivity index (χ3n) is 5.15. The van der Waals surface area contributed by atoms with Crippen LogP contribution in [0.5, 0.6) is 0 Å². The zero-order chi connectivity index (χ0) is 20.4. The molecule has 1 unspecified atom stereocenters. The Kier molecular flexibility index (Phi) is 5.36. The lowest BCUT2D eigenvalue weighted by atomic mass is 10.0. The van der Waals surface area contributed by atoms with Gasteiger partial charge in [0.1, 0.15) is 24.1 Å². The number of aryl methyl sites for hydroxylation is 2. The molecule has 0 aliphatic carbocycles. The SMILES string of the molecule is Cc1ccc(C2=NN(C(=O)C[NH+](C)Cc3ccc(C)o3)[C@@H](c3ccco3)C2)cc1. The lowest BCUT2D eigenvalue weighted by molar-refractivity contribution is -0.886. The number of amides is 1. The third-order valence-corrected chi connectivity index (χ3v) is 5.15. The second-order valence-electron chi connectivity index (χ2n) is 7.71. The minimum absolute atomic E-state index is 0.0331. The molecule has 4 rings (SSSR count). The fourth-order valence-corrected chi connectivity index (χ4v) is 3.64. The monoisotopic (exact) mass is 392 g/mol. The van der Waals surface area contributed by atoms with Crippen molar-refractivity contribution in [2.24, 2.45) is 5.10 Å². The van der Waals surface area contributed by atoms with Crippen molar-refractivity contribution in [2.45, 2.75) is 32.9 Å². The molecule has 0 fully saturated rings. The highest BCUT2D eigenvalue weighted by atomic mass is 16.3. The summed E-state index contributed by atoms with van der Waals surface area (Å²) in [6.45, 7) is 4.94. The summed E-state index contributed by atoms with van der Waals surface area (Å²) in [6, 6.07) is 15.7. The number of carbonyl (C=O) groups excluding carboxylic acids is 1. The molecule has 2 aromatic heterocycles. The van der Waals surface area contributed by atoms with E-state index in [-0.39, 0.29) is 11.9 Å². The molecule has 1 amide bonds. The van der Waals surface area contributed by atoms with E-state index in [1.54, 1.807) is 11.3 Å². The maximum Gasteiger partial charge on any atom is 0.298 e. The van der Waals surface area contributed by atoms with Crippen LogP contribution in [-0.4, -0.2) is 30.2 Å². The lowest BCUT2D eigenvalue weighted by Gasteiger charge is -2.21. The number of hydrogen-bond donors (Lipinski definition) is 1. The van der Waals surface area contributed by atoms with E-state index in [9.17, 15) is 4.79 Å². The largest absolute Gasteiger partial charge is 0.467 e. The number of nitrogens with zero attached hydrogens (tertiary/aromatic N) is 2. The average Bonchev–Trinajstić information content (AvgIpc) is 3.42. The molecule has 3 aromatic rings. The molecule has 3 heterocycles. The van der Waals surface area contributed by atoms with Crippen molar-refractivity contribution in [3.63, 3.8) is 0 Å². The molecule has 1 aliphatic heterocycles. The van der Waals surface area contributed by atoms with E-state index in [0.29, 0.717) is 19.5 Å². The summed E-state index contributed by atoms with van der Waals surface area (Å²) in [4.78, 5) is 14.2. The van der Waals surface area contributed by atoms with Crippen LogP contribution in [0.1, 0.15) is 40.9 Å². The van der Waals surface area contributed by atoms with Gasteiger partial charge >= 0.3 is 0 Å². The van der Waals surface area contributed by atoms with Gasteiger partial charge in [-0.2, -0.15) is 5.10 Å². The molecule has 1 aromatic carbocycles. The number of rotatable bonds is 6. The molecule has 1 aliphatic rings. The molecule has 150 valence electrons. The highest BCUT2D eigenvalue weighted by Gasteiger charge is 2.36. The molecule has 6 nitrogen and oxygen atoms in total. The second kappa shape index (κ2) is 8.09. The van der Waals surface area contributed by atoms with Gasteiger partial charge in [0.2, 0.25) is 0 Å². The molecule has 0 radical (unpaired) electrons. The van der Waals surface area contributed by atoms with Gasteiger partial charge < -0.3 is 13.7 Å². The van der Waals surface area contributed by atoms with Crippen LogP contribution in [0.25, 0.3) is 0 Å². The van der Waals surface area contributed by atoms with Gasteiger partial charge in [-0.15, -0.1) is 0 Å². The second-order valence-corrected chi connectivity index (χ2v) is 7.71. The van der Waals surface area contributed by atoms with Crippen LogP contribution in [0, 0.1) is 13.8 Å². The smallest absolute Gasteiger partial charge is 0.298 e. The van der Waals surface area contributed by atoms with Crippen molar-refractivity contribution in [1.82, 2.24) is 5.01 Å². The van der Waals surface area contributed by atoms with Crippen LogP contribution in [0.15, 0.2) is 68.7 Å². The Labute approximate surface area is 170 Å². The summed E-state index contributed by atoms with van der Waals surface area (Å²) in [7, 11) is 1.98. The van der Waals surface area contributed by atoms with Crippen molar-refractivity contribution < 1.29 is 18.5 Å². The fourth-order valence-electron chi connectivity index (χ4n) is 3.64. The Morgan fingerprint density at radius 1 is 1.17 bits per heavy atom. The van der Waals surface area contributed by atoms with Crippen LogP contribution >= 0.6 is 0 Å². The summed E-state index contributed by atoms with van der Waals surface area (Å²) in [5.74, 6) is 2.47. The van der Waals surface area contributed by atoms with Crippen LogP contribution in [-0.2, 0) is 11.3 Å². The van der Waals surface area contributed by atoms with E-state index < -0.39 is 0 Å². The third kappa shape index (κ3) is 4.32. The van der Waals surface area contributed by atoms with Gasteiger partial charge in [0.15, 0.2) is 12.3 Å². The van der Waals surface area contributed by atoms with E-state index in [1.165, 1.54) is 5.56 Å². The van der Waals surface area contributed by atoms with Crippen LogP contribution in [0.2, 0.25) is 0 Å². The van der Waals surface area contributed by atoms with Crippen LogP contribution in [0.3, 0.4) is 0 Å². The van der Waals surface area contributed by atoms with Gasteiger partial charge in [-0.3, -0.25) is 4.79 Å². The summed E-state index contributed by atoms with van der Waals surface area (Å²) in [5.41, 5.74) is 3.13. The van der Waals surface area contributed by atoms with Crippen LogP contribution < -0.4 is 4.90 Å². The first-order chi connectivity index (χ1) is 14.0. The fraction of sp³-hybridized carbons (Fsp3) is 0.304. The molecule has 0 bridgehead atoms. The Hall–Kier alpha value is -3.12. The van der Waals surface area contributed by atoms with Gasteiger partial charge in [0.25, 0.3) is 5.91 Å². The number of benzene rings is 1. The van der Waals surface area contributed by atoms with E-state index in [2.05, 4.69) is 31.2 Å². The van der Waals surface area contributed by atoms with Crippen molar-refractivity contribution in [3.05, 3.63) is 83.2 Å². The summed E-state index contributed by atoms with van der Waals surface area (Å²) >= 11 is 0. The Bertz CT molecular complexity index is 1000. The average molecular weight is 392 g/mol. The molecule has 0 saturated carbocycles. The van der Waals surface area contributed by atoms with E-state index in [1.807, 2.05) is 38.2 Å². The predicted molar refractivity (Wildman–Crippen MR) is 110 cm³/mol. The Morgan fingerprint density at radius 3 is 2.62 bits per heavy atom. The van der Waals surface area contributed by atoms with Crippen LogP contribution in [0.4, 0.5) is 0 Å². The van der Waals surface area contributed by atoms with E-state index in [0.717, 1.165) is 33.5 Å². The number of nitrogens with one attached hydrogen (secondary N) is 1. The number of carbonyl (C=O) groups is 1.